The Morgan fingerprint density at radius 1 is 1.55 bits per heavy atom. The first-order chi connectivity index (χ1) is 5.24. The fraction of sp³-hybridized carbons (Fsp3) is 0. The summed E-state index contributed by atoms with van der Waals surface area (Å²) in [5.41, 5.74) is 2.87. The number of hydrogen-bond acceptors (Lipinski definition) is 1. The smallest absolute Gasteiger partial charge is 0.138 e. The first kappa shape index (κ1) is 8.62. The van der Waals surface area contributed by atoms with Crippen LogP contribution in [0.15, 0.2) is 22.7 Å². The van der Waals surface area contributed by atoms with Gasteiger partial charge in [0, 0.05) is 4.47 Å². The predicted molar refractivity (Wildman–Crippen MR) is 50.3 cm³/mol. The highest BCUT2D eigenvalue weighted by Gasteiger charge is 1.98. The molecule has 0 aliphatic carbocycles. The molecule has 0 aliphatic heterocycles. The summed E-state index contributed by atoms with van der Waals surface area (Å²) in [6.45, 7) is 0. The minimum atomic E-state index is -0.305. The highest BCUT2D eigenvalue weighted by atomic mass is 79.9. The molecule has 1 aromatic carbocycles. The van der Waals surface area contributed by atoms with Crippen LogP contribution in [-0.4, -0.2) is 5.49 Å². The molecule has 1 N–H and O–H groups in total. The standard InChI is InChI=1S/C7H4BrFNS/c8-6-2-1-5(9)3-7(6)10-4-11/h1-3H,(H,10,11). The molecular weight excluding hydrogens is 229 g/mol. The largest absolute Gasteiger partial charge is 0.343 e. The fourth-order valence-electron chi connectivity index (χ4n) is 0.648. The van der Waals surface area contributed by atoms with E-state index in [9.17, 15) is 4.39 Å². The molecule has 0 aliphatic rings. The second kappa shape index (κ2) is 3.78. The molecule has 11 heavy (non-hydrogen) atoms. The first-order valence-electron chi connectivity index (χ1n) is 2.82. The molecule has 57 valence electrons. The van der Waals surface area contributed by atoms with Crippen LogP contribution in [0.4, 0.5) is 10.1 Å². The van der Waals surface area contributed by atoms with Gasteiger partial charge in [0.25, 0.3) is 0 Å². The van der Waals surface area contributed by atoms with Crippen LogP contribution in [0.5, 0.6) is 0 Å². The maximum Gasteiger partial charge on any atom is 0.138 e. The van der Waals surface area contributed by atoms with Crippen molar-refractivity contribution < 1.29 is 4.39 Å². The minimum Gasteiger partial charge on any atom is -0.343 e. The lowest BCUT2D eigenvalue weighted by Crippen LogP contribution is -1.93. The number of thiocarbonyl (C=S) groups is 1. The van der Waals surface area contributed by atoms with Crippen LogP contribution in [0.2, 0.25) is 0 Å². The zero-order chi connectivity index (χ0) is 8.27. The molecule has 0 saturated carbocycles. The monoisotopic (exact) mass is 232 g/mol. The van der Waals surface area contributed by atoms with Crippen LogP contribution < -0.4 is 5.32 Å². The zero-order valence-electron chi connectivity index (χ0n) is 5.40. The van der Waals surface area contributed by atoms with Gasteiger partial charge in [0.05, 0.1) is 5.69 Å². The molecule has 0 amide bonds. The van der Waals surface area contributed by atoms with Gasteiger partial charge in [-0.1, -0.05) is 12.2 Å². The van der Waals surface area contributed by atoms with Crippen molar-refractivity contribution in [2.75, 3.05) is 5.32 Å². The van der Waals surface area contributed by atoms with Gasteiger partial charge >= 0.3 is 0 Å². The van der Waals surface area contributed by atoms with Crippen LogP contribution in [-0.2, 0) is 0 Å². The molecule has 1 aromatic rings. The third-order valence-corrected chi connectivity index (χ3v) is 1.91. The molecule has 0 spiro atoms. The van der Waals surface area contributed by atoms with E-state index in [1.807, 2.05) is 0 Å². The number of anilines is 1. The van der Waals surface area contributed by atoms with E-state index in [0.29, 0.717) is 5.69 Å². The number of halogens is 2. The average molecular weight is 233 g/mol. The van der Waals surface area contributed by atoms with Gasteiger partial charge in [0.15, 0.2) is 0 Å². The lowest BCUT2D eigenvalue weighted by molar-refractivity contribution is 0.628. The molecule has 0 saturated heterocycles. The molecule has 0 heterocycles. The van der Waals surface area contributed by atoms with Gasteiger partial charge in [-0.2, -0.15) is 0 Å². The Hall–Kier alpha value is -0.480. The first-order valence-corrected chi connectivity index (χ1v) is 4.02. The summed E-state index contributed by atoms with van der Waals surface area (Å²) in [7, 11) is 0. The van der Waals surface area contributed by atoms with Crippen molar-refractivity contribution in [3.8, 4) is 0 Å². The Morgan fingerprint density at radius 3 is 2.91 bits per heavy atom. The number of hydrogen-bond donors (Lipinski definition) is 1. The molecule has 1 nitrogen and oxygen atoms in total. The Balaban J connectivity index is 3.01. The molecule has 0 fully saturated rings. The summed E-state index contributed by atoms with van der Waals surface area (Å²) in [6, 6.07) is 4.30. The van der Waals surface area contributed by atoms with Crippen molar-refractivity contribution in [1.29, 1.82) is 0 Å². The Labute approximate surface area is 77.7 Å². The molecule has 1 radical (unpaired) electrons. The van der Waals surface area contributed by atoms with Crippen LogP contribution >= 0.6 is 28.1 Å². The third-order valence-electron chi connectivity index (χ3n) is 1.11. The van der Waals surface area contributed by atoms with Crippen molar-refractivity contribution >= 4 is 39.3 Å². The summed E-state index contributed by atoms with van der Waals surface area (Å²) in [5.74, 6) is -0.305. The summed E-state index contributed by atoms with van der Waals surface area (Å²) < 4.78 is 13.3. The predicted octanol–water partition coefficient (Wildman–Crippen LogP) is 2.83. The van der Waals surface area contributed by atoms with Gasteiger partial charge < -0.3 is 5.32 Å². The highest BCUT2D eigenvalue weighted by molar-refractivity contribution is 9.10. The Kier molecular flexibility index (Phi) is 2.96. The average Bonchev–Trinajstić information content (AvgIpc) is 1.98. The summed E-state index contributed by atoms with van der Waals surface area (Å²) in [6.07, 6.45) is 0. The number of rotatable bonds is 2. The van der Waals surface area contributed by atoms with E-state index < -0.39 is 0 Å². The fourth-order valence-corrected chi connectivity index (χ4v) is 1.10. The number of benzene rings is 1. The highest BCUT2D eigenvalue weighted by Crippen LogP contribution is 2.22. The quantitative estimate of drug-likeness (QED) is 0.622. The topological polar surface area (TPSA) is 12.0 Å². The van der Waals surface area contributed by atoms with Crippen molar-refractivity contribution in [1.82, 2.24) is 0 Å². The summed E-state index contributed by atoms with van der Waals surface area (Å²) >= 11 is 7.65. The molecular formula is C7H4BrFNS. The van der Waals surface area contributed by atoms with Crippen molar-refractivity contribution in [2.24, 2.45) is 0 Å². The van der Waals surface area contributed by atoms with Crippen LogP contribution in [0.1, 0.15) is 0 Å². The van der Waals surface area contributed by atoms with E-state index in [0.717, 1.165) is 4.47 Å². The third kappa shape index (κ3) is 2.24. The van der Waals surface area contributed by atoms with Crippen LogP contribution in [0.25, 0.3) is 0 Å². The van der Waals surface area contributed by atoms with Crippen molar-refractivity contribution in [2.45, 2.75) is 0 Å². The van der Waals surface area contributed by atoms with Gasteiger partial charge in [-0.15, -0.1) is 0 Å². The Morgan fingerprint density at radius 2 is 2.27 bits per heavy atom. The SMILES string of the molecule is Fc1ccc(Br)c(N[C]=S)c1. The molecule has 0 unspecified atom stereocenters. The maximum absolute atomic E-state index is 12.5. The van der Waals surface area contributed by atoms with E-state index in [1.165, 1.54) is 12.1 Å². The molecule has 1 rings (SSSR count). The Bertz CT molecular complexity index is 277. The van der Waals surface area contributed by atoms with Gasteiger partial charge in [-0.25, -0.2) is 4.39 Å². The number of nitrogens with one attached hydrogen (secondary N) is 1. The van der Waals surface area contributed by atoms with Crippen LogP contribution in [0, 0.1) is 5.82 Å². The van der Waals surface area contributed by atoms with E-state index in [2.05, 4.69) is 39.0 Å². The lowest BCUT2D eigenvalue weighted by atomic mass is 10.3. The van der Waals surface area contributed by atoms with E-state index in [1.54, 1.807) is 6.07 Å². The maximum atomic E-state index is 12.5. The second-order valence-electron chi connectivity index (χ2n) is 1.85. The van der Waals surface area contributed by atoms with Gasteiger partial charge in [0.1, 0.15) is 11.3 Å². The summed E-state index contributed by atoms with van der Waals surface area (Å²) in [5, 5.41) is 2.59. The van der Waals surface area contributed by atoms with Crippen molar-refractivity contribution in [3.05, 3.63) is 28.5 Å². The molecule has 0 atom stereocenters. The molecule has 4 heteroatoms. The lowest BCUT2D eigenvalue weighted by Gasteiger charge is -2.00. The van der Waals surface area contributed by atoms with E-state index in [4.69, 9.17) is 0 Å². The molecule has 0 bridgehead atoms. The molecule has 0 aromatic heterocycles. The van der Waals surface area contributed by atoms with E-state index >= 15 is 0 Å². The second-order valence-corrected chi connectivity index (χ2v) is 2.91. The normalized spacial score (nSPS) is 9.27. The van der Waals surface area contributed by atoms with Crippen LogP contribution in [0.3, 0.4) is 0 Å². The van der Waals surface area contributed by atoms with Gasteiger partial charge in [-0.05, 0) is 34.1 Å². The van der Waals surface area contributed by atoms with Gasteiger partial charge in [-0.3, -0.25) is 0 Å². The van der Waals surface area contributed by atoms with Gasteiger partial charge in [0.2, 0.25) is 0 Å². The minimum absolute atomic E-state index is 0.305. The zero-order valence-corrected chi connectivity index (χ0v) is 7.80. The summed E-state index contributed by atoms with van der Waals surface area (Å²) in [4.78, 5) is 0. The van der Waals surface area contributed by atoms with Crippen molar-refractivity contribution in [3.63, 3.8) is 0 Å². The van der Waals surface area contributed by atoms with E-state index in [-0.39, 0.29) is 5.82 Å².